The minimum Gasteiger partial charge on any atom is -0.301 e. The quantitative estimate of drug-likeness (QED) is 0.436. The summed E-state index contributed by atoms with van der Waals surface area (Å²) in [5.41, 5.74) is 3.67. The summed E-state index contributed by atoms with van der Waals surface area (Å²) in [6.45, 7) is 1.54. The Balaban J connectivity index is 1.70. The third-order valence-corrected chi connectivity index (χ3v) is 8.90. The number of thiophene rings is 1. The summed E-state index contributed by atoms with van der Waals surface area (Å²) in [6.07, 6.45) is 0. The van der Waals surface area contributed by atoms with Gasteiger partial charge in [0.1, 0.15) is 4.21 Å². The maximum atomic E-state index is 12.7. The number of hydrogen-bond acceptors (Lipinski definition) is 4. The third kappa shape index (κ3) is 4.50. The number of benzene rings is 2. The normalized spacial score (nSPS) is 17.2. The summed E-state index contributed by atoms with van der Waals surface area (Å²) in [4.78, 5) is 2.20. The molecule has 0 saturated carbocycles. The van der Waals surface area contributed by atoms with Crippen LogP contribution in [0.15, 0.2) is 56.5 Å². The van der Waals surface area contributed by atoms with Crippen LogP contribution in [0.4, 0.5) is 5.69 Å². The third-order valence-electron chi connectivity index (χ3n) is 4.85. The van der Waals surface area contributed by atoms with Gasteiger partial charge in [-0.1, -0.05) is 35.3 Å². The number of nitrogens with one attached hydrogen (secondary N) is 1. The number of hydrogen-bond donors (Lipinski definition) is 1. The van der Waals surface area contributed by atoms with E-state index < -0.39 is 10.0 Å². The van der Waals surface area contributed by atoms with Crippen LogP contribution in [-0.2, 0) is 16.6 Å². The van der Waals surface area contributed by atoms with Crippen LogP contribution in [0.1, 0.15) is 22.6 Å². The molecule has 0 fully saturated rings. The number of halogens is 3. The molecule has 152 valence electrons. The molecular weight excluding hydrogens is 515 g/mol. The molecule has 0 saturated heterocycles. The zero-order chi connectivity index (χ0) is 20.8. The maximum absolute atomic E-state index is 12.7. The van der Waals surface area contributed by atoms with Crippen molar-refractivity contribution in [3.8, 4) is 0 Å². The molecule has 1 aliphatic heterocycles. The lowest BCUT2D eigenvalue weighted by atomic mass is 9.84. The Morgan fingerprint density at radius 2 is 1.97 bits per heavy atom. The Bertz CT molecular complexity index is 1180. The van der Waals surface area contributed by atoms with Crippen LogP contribution in [0.3, 0.4) is 0 Å². The molecule has 1 aromatic heterocycles. The molecule has 1 atom stereocenters. The van der Waals surface area contributed by atoms with Crippen LogP contribution in [0, 0.1) is 0 Å². The van der Waals surface area contributed by atoms with Crippen LogP contribution < -0.4 is 4.72 Å². The lowest BCUT2D eigenvalue weighted by Gasteiger charge is -2.33. The first-order valence-corrected chi connectivity index (χ1v) is 12.6. The Morgan fingerprint density at radius 1 is 1.17 bits per heavy atom. The highest BCUT2D eigenvalue weighted by Crippen LogP contribution is 2.39. The Hall–Kier alpha value is -1.09. The van der Waals surface area contributed by atoms with Crippen LogP contribution in [0.25, 0.3) is 0 Å². The van der Waals surface area contributed by atoms with Gasteiger partial charge in [-0.25, -0.2) is 8.42 Å². The molecule has 3 aromatic rings. The predicted molar refractivity (Wildman–Crippen MR) is 124 cm³/mol. The first-order valence-electron chi connectivity index (χ1n) is 8.77. The molecule has 2 aromatic carbocycles. The summed E-state index contributed by atoms with van der Waals surface area (Å²) in [5, 5.41) is 1.26. The molecule has 0 bridgehead atoms. The van der Waals surface area contributed by atoms with E-state index in [0.717, 1.165) is 33.6 Å². The van der Waals surface area contributed by atoms with E-state index >= 15 is 0 Å². The molecule has 2 heterocycles. The van der Waals surface area contributed by atoms with Crippen molar-refractivity contribution in [1.82, 2.24) is 4.90 Å². The van der Waals surface area contributed by atoms with E-state index in [9.17, 15) is 8.42 Å². The molecule has 4 rings (SSSR count). The highest BCUT2D eigenvalue weighted by molar-refractivity contribution is 9.11. The Kier molecular flexibility index (Phi) is 5.99. The van der Waals surface area contributed by atoms with Gasteiger partial charge in [-0.15, -0.1) is 11.3 Å². The Labute approximate surface area is 192 Å². The molecule has 1 N–H and O–H groups in total. The standard InChI is InChI=1S/C20H17BrCl2N2O2S2/c1-25-10-16(15-8-13(22)9-18(23)17(15)11-25)12-3-2-4-14(7-12)24-29(26,27)20-6-5-19(21)28-20/h2-9,16,24H,10-11H2,1H3. The number of fused-ring (bicyclic) bond motifs is 1. The van der Waals surface area contributed by atoms with Gasteiger partial charge in [0.2, 0.25) is 0 Å². The molecule has 9 heteroatoms. The van der Waals surface area contributed by atoms with Crippen molar-refractivity contribution in [3.05, 3.63) is 79.1 Å². The lowest BCUT2D eigenvalue weighted by Crippen LogP contribution is -2.31. The number of likely N-dealkylation sites (N-methyl/N-ethyl adjacent to an activating group) is 1. The van der Waals surface area contributed by atoms with E-state index in [4.69, 9.17) is 23.2 Å². The fourth-order valence-electron chi connectivity index (χ4n) is 3.60. The molecule has 1 aliphatic rings. The SMILES string of the molecule is CN1Cc2c(Cl)cc(Cl)cc2C(c2cccc(NS(=O)(=O)c3ccc(Br)s3)c2)C1. The number of anilines is 1. The largest absolute Gasteiger partial charge is 0.301 e. The fraction of sp³-hybridized carbons (Fsp3) is 0.200. The summed E-state index contributed by atoms with van der Waals surface area (Å²) in [5.74, 6) is 0.0419. The van der Waals surface area contributed by atoms with Gasteiger partial charge in [-0.2, -0.15) is 0 Å². The van der Waals surface area contributed by atoms with Gasteiger partial charge < -0.3 is 4.90 Å². The van der Waals surface area contributed by atoms with Gasteiger partial charge in [-0.3, -0.25) is 4.72 Å². The monoisotopic (exact) mass is 530 g/mol. The topological polar surface area (TPSA) is 49.4 Å². The summed E-state index contributed by atoms with van der Waals surface area (Å²) < 4.78 is 29.1. The molecule has 0 spiro atoms. The zero-order valence-electron chi connectivity index (χ0n) is 15.3. The highest BCUT2D eigenvalue weighted by atomic mass is 79.9. The Morgan fingerprint density at radius 3 is 2.69 bits per heavy atom. The molecule has 0 radical (unpaired) electrons. The van der Waals surface area contributed by atoms with Crippen LogP contribution in [0.5, 0.6) is 0 Å². The first-order chi connectivity index (χ1) is 13.7. The predicted octanol–water partition coefficient (Wildman–Crippen LogP) is 6.20. The van der Waals surface area contributed by atoms with Gasteiger partial charge in [-0.05, 0) is 76.1 Å². The van der Waals surface area contributed by atoms with E-state index in [-0.39, 0.29) is 10.1 Å². The fourth-order valence-corrected chi connectivity index (χ4v) is 7.23. The zero-order valence-corrected chi connectivity index (χ0v) is 20.1. The van der Waals surface area contributed by atoms with Gasteiger partial charge in [0, 0.05) is 34.7 Å². The molecule has 29 heavy (non-hydrogen) atoms. The smallest absolute Gasteiger partial charge is 0.271 e. The van der Waals surface area contributed by atoms with E-state index in [1.165, 1.54) is 11.3 Å². The minimum absolute atomic E-state index is 0.0419. The second-order valence-corrected chi connectivity index (χ2v) is 12.2. The van der Waals surface area contributed by atoms with Gasteiger partial charge in [0.05, 0.1) is 3.79 Å². The summed E-state index contributed by atoms with van der Waals surface area (Å²) in [7, 11) is -1.60. The number of rotatable bonds is 4. The van der Waals surface area contributed by atoms with E-state index in [0.29, 0.717) is 15.7 Å². The van der Waals surface area contributed by atoms with Gasteiger partial charge in [0.15, 0.2) is 0 Å². The average molecular weight is 532 g/mol. The average Bonchev–Trinajstić information content (AvgIpc) is 3.09. The number of sulfonamides is 1. The van der Waals surface area contributed by atoms with Crippen molar-refractivity contribution in [2.24, 2.45) is 0 Å². The molecule has 0 aliphatic carbocycles. The van der Waals surface area contributed by atoms with Crippen molar-refractivity contribution in [1.29, 1.82) is 0 Å². The van der Waals surface area contributed by atoms with Crippen LogP contribution in [-0.4, -0.2) is 26.9 Å². The number of nitrogens with zero attached hydrogens (tertiary/aromatic N) is 1. The minimum atomic E-state index is -3.64. The van der Waals surface area contributed by atoms with Crippen LogP contribution >= 0.6 is 50.5 Å². The summed E-state index contributed by atoms with van der Waals surface area (Å²) >= 11 is 17.2. The molecular formula is C20H17BrCl2N2O2S2. The van der Waals surface area contributed by atoms with E-state index in [1.807, 2.05) is 31.3 Å². The van der Waals surface area contributed by atoms with Gasteiger partial charge >= 0.3 is 0 Å². The van der Waals surface area contributed by atoms with Crippen molar-refractivity contribution in [2.75, 3.05) is 18.3 Å². The summed E-state index contributed by atoms with van der Waals surface area (Å²) in [6, 6.07) is 14.5. The first kappa shape index (κ1) is 21.2. The van der Waals surface area contributed by atoms with Gasteiger partial charge in [0.25, 0.3) is 10.0 Å². The second kappa shape index (κ2) is 8.21. The highest BCUT2D eigenvalue weighted by Gasteiger charge is 2.27. The maximum Gasteiger partial charge on any atom is 0.271 e. The van der Waals surface area contributed by atoms with E-state index in [2.05, 4.69) is 25.6 Å². The van der Waals surface area contributed by atoms with Crippen molar-refractivity contribution >= 4 is 66.2 Å². The van der Waals surface area contributed by atoms with Crippen molar-refractivity contribution < 1.29 is 8.42 Å². The second-order valence-electron chi connectivity index (χ2n) is 6.99. The lowest BCUT2D eigenvalue weighted by molar-refractivity contribution is 0.295. The molecule has 0 amide bonds. The molecule has 1 unspecified atom stereocenters. The molecule has 4 nitrogen and oxygen atoms in total. The van der Waals surface area contributed by atoms with Crippen molar-refractivity contribution in [3.63, 3.8) is 0 Å². The van der Waals surface area contributed by atoms with Crippen molar-refractivity contribution in [2.45, 2.75) is 16.7 Å². The van der Waals surface area contributed by atoms with E-state index in [1.54, 1.807) is 24.3 Å². The van der Waals surface area contributed by atoms with Crippen LogP contribution in [0.2, 0.25) is 10.0 Å².